The number of rotatable bonds is 8. The van der Waals surface area contributed by atoms with Gasteiger partial charge in [-0.3, -0.25) is 9.59 Å². The highest BCUT2D eigenvalue weighted by Crippen LogP contribution is 2.30. The monoisotopic (exact) mass is 522 g/mol. The van der Waals surface area contributed by atoms with Crippen molar-refractivity contribution in [3.8, 4) is 5.75 Å². The number of aromatic nitrogens is 2. The molecular weight excluding hydrogens is 500 g/mol. The Bertz CT molecular complexity index is 1290. The van der Waals surface area contributed by atoms with Gasteiger partial charge in [-0.1, -0.05) is 5.10 Å². The van der Waals surface area contributed by atoms with Crippen molar-refractivity contribution < 1.29 is 41.0 Å². The van der Waals surface area contributed by atoms with Crippen LogP contribution >= 0.6 is 0 Å². The summed E-state index contributed by atoms with van der Waals surface area (Å²) in [6.07, 6.45) is 2.28. The summed E-state index contributed by atoms with van der Waals surface area (Å²) in [6, 6.07) is 4.27. The molecule has 4 rings (SSSR count). The number of amides is 1. The maximum atomic E-state index is 14.6. The predicted octanol–water partition coefficient (Wildman–Crippen LogP) is 5.12. The lowest BCUT2D eigenvalue weighted by atomic mass is 9.87. The zero-order valence-corrected chi connectivity index (χ0v) is 19.5. The van der Waals surface area contributed by atoms with E-state index in [2.05, 4.69) is 20.8 Å². The number of anilines is 3. The Morgan fingerprint density at radius 2 is 1.65 bits per heavy atom. The van der Waals surface area contributed by atoms with Crippen LogP contribution in [-0.4, -0.2) is 34.8 Å². The van der Waals surface area contributed by atoms with Crippen molar-refractivity contribution in [2.24, 2.45) is 5.92 Å². The molecule has 13 heteroatoms. The van der Waals surface area contributed by atoms with E-state index < -0.39 is 46.8 Å². The first-order valence-electron chi connectivity index (χ1n) is 11.4. The Labute approximate surface area is 208 Å². The minimum Gasteiger partial charge on any atom is -0.490 e. The van der Waals surface area contributed by atoms with Gasteiger partial charge in [-0.15, -0.1) is 5.10 Å². The van der Waals surface area contributed by atoms with Crippen molar-refractivity contribution in [2.75, 3.05) is 17.2 Å². The smallest absolute Gasteiger partial charge is 0.320 e. The van der Waals surface area contributed by atoms with E-state index in [1.807, 2.05) is 0 Å². The van der Waals surface area contributed by atoms with Crippen LogP contribution in [0.15, 0.2) is 34.7 Å². The quantitative estimate of drug-likeness (QED) is 0.238. The van der Waals surface area contributed by atoms with E-state index in [0.717, 1.165) is 6.07 Å². The van der Waals surface area contributed by atoms with Crippen LogP contribution in [0.25, 0.3) is 0 Å². The standard InChI is InChI=1S/C24H22F4N4O5/c1-2-35-23(34)12-3-5-13(6-4-12)36-14-7-8-19(17(27)9-14)29-21(33)22-31-32-24(37-22)30-20-11-16(26)15(25)10-18(20)28/h7-13H,2-6H2,1H3,(H,29,33)(H,30,32)/t12-,13-. The van der Waals surface area contributed by atoms with Gasteiger partial charge in [0.05, 0.1) is 30.0 Å². The molecule has 1 aromatic heterocycles. The number of benzene rings is 2. The van der Waals surface area contributed by atoms with Crippen LogP contribution < -0.4 is 15.4 Å². The molecule has 0 unspecified atom stereocenters. The molecule has 0 aliphatic heterocycles. The summed E-state index contributed by atoms with van der Waals surface area (Å²) < 4.78 is 70.7. The molecule has 0 atom stereocenters. The van der Waals surface area contributed by atoms with Crippen LogP contribution in [0.1, 0.15) is 43.3 Å². The zero-order chi connectivity index (χ0) is 26.5. The first-order chi connectivity index (χ1) is 17.7. The second kappa shape index (κ2) is 11.3. The molecule has 196 valence electrons. The highest BCUT2D eigenvalue weighted by molar-refractivity contribution is 6.01. The number of halogens is 4. The summed E-state index contributed by atoms with van der Waals surface area (Å²) in [7, 11) is 0. The number of esters is 1. The average molecular weight is 522 g/mol. The third-order valence-corrected chi connectivity index (χ3v) is 5.66. The zero-order valence-electron chi connectivity index (χ0n) is 19.5. The van der Waals surface area contributed by atoms with E-state index in [0.29, 0.717) is 44.4 Å². The van der Waals surface area contributed by atoms with Gasteiger partial charge in [0, 0.05) is 18.2 Å². The molecule has 3 aromatic rings. The Balaban J connectivity index is 1.33. The molecule has 0 radical (unpaired) electrons. The molecule has 1 aliphatic rings. The van der Waals surface area contributed by atoms with Crippen molar-refractivity contribution in [1.82, 2.24) is 10.2 Å². The van der Waals surface area contributed by atoms with Crippen LogP contribution in [0.5, 0.6) is 5.75 Å². The van der Waals surface area contributed by atoms with Gasteiger partial charge in [0.25, 0.3) is 0 Å². The normalized spacial score (nSPS) is 17.2. The Morgan fingerprint density at radius 1 is 0.946 bits per heavy atom. The van der Waals surface area contributed by atoms with E-state index in [4.69, 9.17) is 13.9 Å². The molecule has 1 aliphatic carbocycles. The molecule has 1 heterocycles. The molecule has 2 aromatic carbocycles. The molecule has 0 bridgehead atoms. The fourth-order valence-corrected chi connectivity index (χ4v) is 3.81. The van der Waals surface area contributed by atoms with E-state index in [-0.39, 0.29) is 29.4 Å². The molecule has 0 spiro atoms. The van der Waals surface area contributed by atoms with Crippen LogP contribution in [0.3, 0.4) is 0 Å². The van der Waals surface area contributed by atoms with Crippen LogP contribution in [0.2, 0.25) is 0 Å². The topological polar surface area (TPSA) is 116 Å². The summed E-state index contributed by atoms with van der Waals surface area (Å²) in [6.45, 7) is 2.09. The maximum absolute atomic E-state index is 14.6. The predicted molar refractivity (Wildman–Crippen MR) is 121 cm³/mol. The van der Waals surface area contributed by atoms with Gasteiger partial charge in [-0.05, 0) is 44.7 Å². The number of ether oxygens (including phenoxy) is 2. The Morgan fingerprint density at radius 3 is 2.35 bits per heavy atom. The summed E-state index contributed by atoms with van der Waals surface area (Å²) in [5.74, 6) is -6.28. The van der Waals surface area contributed by atoms with Gasteiger partial charge >= 0.3 is 23.8 Å². The molecule has 0 saturated heterocycles. The third kappa shape index (κ3) is 6.35. The molecule has 2 N–H and O–H groups in total. The van der Waals surface area contributed by atoms with Crippen LogP contribution in [0, 0.1) is 29.2 Å². The largest absolute Gasteiger partial charge is 0.490 e. The molecule has 1 amide bonds. The van der Waals surface area contributed by atoms with E-state index in [1.54, 1.807) is 6.92 Å². The molecule has 37 heavy (non-hydrogen) atoms. The first-order valence-corrected chi connectivity index (χ1v) is 11.4. The lowest BCUT2D eigenvalue weighted by Crippen LogP contribution is -2.29. The number of nitrogens with one attached hydrogen (secondary N) is 2. The molecular formula is C24H22F4N4O5. The SMILES string of the molecule is CCOC(=O)[C@H]1CC[C@H](Oc2ccc(NC(=O)c3nnc(Nc4cc(F)c(F)cc4F)o3)c(F)c2)CC1. The van der Waals surface area contributed by atoms with E-state index in [9.17, 15) is 27.2 Å². The van der Waals surface area contributed by atoms with Gasteiger partial charge in [0.15, 0.2) is 11.6 Å². The van der Waals surface area contributed by atoms with Crippen molar-refractivity contribution in [3.63, 3.8) is 0 Å². The van der Waals surface area contributed by atoms with E-state index in [1.165, 1.54) is 12.1 Å². The lowest BCUT2D eigenvalue weighted by Gasteiger charge is -2.27. The number of hydrogen-bond acceptors (Lipinski definition) is 8. The molecule has 9 nitrogen and oxygen atoms in total. The highest BCUT2D eigenvalue weighted by Gasteiger charge is 2.28. The van der Waals surface area contributed by atoms with Crippen LogP contribution in [0.4, 0.5) is 35.0 Å². The maximum Gasteiger partial charge on any atom is 0.320 e. The highest BCUT2D eigenvalue weighted by atomic mass is 19.2. The van der Waals surface area contributed by atoms with Gasteiger partial charge < -0.3 is 24.5 Å². The van der Waals surface area contributed by atoms with Crippen molar-refractivity contribution in [1.29, 1.82) is 0 Å². The first kappa shape index (κ1) is 25.9. The second-order valence-corrected chi connectivity index (χ2v) is 8.22. The second-order valence-electron chi connectivity index (χ2n) is 8.22. The lowest BCUT2D eigenvalue weighted by molar-refractivity contribution is -0.149. The third-order valence-electron chi connectivity index (χ3n) is 5.66. The average Bonchev–Trinajstić information content (AvgIpc) is 3.33. The summed E-state index contributed by atoms with van der Waals surface area (Å²) in [5.41, 5.74) is -0.687. The minimum atomic E-state index is -1.38. The van der Waals surface area contributed by atoms with Crippen molar-refractivity contribution in [3.05, 3.63) is 59.5 Å². The number of carbonyl (C=O) groups excluding carboxylic acids is 2. The van der Waals surface area contributed by atoms with Crippen LogP contribution in [-0.2, 0) is 9.53 Å². The Hall–Kier alpha value is -4.16. The summed E-state index contributed by atoms with van der Waals surface area (Å²) in [4.78, 5) is 24.2. The van der Waals surface area contributed by atoms with Crippen molar-refractivity contribution >= 4 is 29.3 Å². The Kier molecular flexibility index (Phi) is 7.89. The number of hydrogen-bond donors (Lipinski definition) is 2. The molecule has 1 fully saturated rings. The number of nitrogens with zero attached hydrogens (tertiary/aromatic N) is 2. The van der Waals surface area contributed by atoms with E-state index >= 15 is 0 Å². The minimum absolute atomic E-state index is 0.162. The number of carbonyl (C=O) groups is 2. The summed E-state index contributed by atoms with van der Waals surface area (Å²) >= 11 is 0. The van der Waals surface area contributed by atoms with Gasteiger partial charge in [0.1, 0.15) is 17.4 Å². The fourth-order valence-electron chi connectivity index (χ4n) is 3.81. The molecule has 1 saturated carbocycles. The summed E-state index contributed by atoms with van der Waals surface area (Å²) in [5, 5.41) is 11.5. The van der Waals surface area contributed by atoms with Gasteiger partial charge in [-0.2, -0.15) is 0 Å². The van der Waals surface area contributed by atoms with Gasteiger partial charge in [0.2, 0.25) is 0 Å². The fraction of sp³-hybridized carbons (Fsp3) is 0.333. The van der Waals surface area contributed by atoms with Crippen molar-refractivity contribution in [2.45, 2.75) is 38.7 Å². The van der Waals surface area contributed by atoms with Gasteiger partial charge in [-0.25, -0.2) is 17.6 Å².